The minimum Gasteiger partial charge on any atom is -0.302 e. The lowest BCUT2D eigenvalue weighted by atomic mass is 10.0. The lowest BCUT2D eigenvalue weighted by molar-refractivity contribution is -0.137. The maximum atomic E-state index is 13.9. The van der Waals surface area contributed by atoms with Gasteiger partial charge in [0, 0.05) is 9.90 Å². The van der Waals surface area contributed by atoms with Crippen LogP contribution in [-0.2, 0) is 22.6 Å². The molecule has 4 aromatic rings. The Labute approximate surface area is 239 Å². The molecule has 0 amide bonds. The van der Waals surface area contributed by atoms with Crippen LogP contribution in [0.15, 0.2) is 70.4 Å². The summed E-state index contributed by atoms with van der Waals surface area (Å²) in [6, 6.07) is 17.1. The number of nitrogens with zero attached hydrogens (tertiary/aromatic N) is 2. The predicted octanol–water partition coefficient (Wildman–Crippen LogP) is 7.75. The van der Waals surface area contributed by atoms with E-state index in [-0.39, 0.29) is 28.8 Å². The van der Waals surface area contributed by atoms with Crippen LogP contribution >= 0.6 is 22.9 Å². The normalized spacial score (nSPS) is 12.1. The van der Waals surface area contributed by atoms with Crippen molar-refractivity contribution >= 4 is 32.8 Å². The minimum atomic E-state index is -4.92. The quantitative estimate of drug-likeness (QED) is 0.216. The van der Waals surface area contributed by atoms with Crippen molar-refractivity contribution in [2.45, 2.75) is 44.3 Å². The van der Waals surface area contributed by atoms with Crippen molar-refractivity contribution in [2.75, 3.05) is 5.75 Å². The van der Waals surface area contributed by atoms with Crippen molar-refractivity contribution in [3.8, 4) is 27.1 Å². The zero-order valence-electron chi connectivity index (χ0n) is 21.7. The van der Waals surface area contributed by atoms with Crippen molar-refractivity contribution in [3.63, 3.8) is 0 Å². The first kappa shape index (κ1) is 29.6. The zero-order chi connectivity index (χ0) is 29.4. The molecule has 0 aliphatic rings. The fraction of sp³-hybridized carbons (Fsp3) is 0.241. The van der Waals surface area contributed by atoms with Crippen molar-refractivity contribution < 1.29 is 21.6 Å². The van der Waals surface area contributed by atoms with Gasteiger partial charge in [0.15, 0.2) is 9.84 Å². The third-order valence-corrected chi connectivity index (χ3v) is 9.57. The number of aromatic nitrogens is 1. The van der Waals surface area contributed by atoms with Gasteiger partial charge in [-0.05, 0) is 71.1 Å². The van der Waals surface area contributed by atoms with Crippen LogP contribution in [-0.4, -0.2) is 18.7 Å². The third-order valence-electron chi connectivity index (χ3n) is 6.45. The summed E-state index contributed by atoms with van der Waals surface area (Å²) in [5.74, 6) is -0.0471. The summed E-state index contributed by atoms with van der Waals surface area (Å²) >= 11 is 7.09. The van der Waals surface area contributed by atoms with Gasteiger partial charge in [0.25, 0.3) is 5.56 Å². The molecule has 11 heteroatoms. The van der Waals surface area contributed by atoms with Crippen molar-refractivity contribution in [3.05, 3.63) is 98.3 Å². The molecule has 208 valence electrons. The topological polar surface area (TPSA) is 79.9 Å². The molecule has 0 N–H and O–H groups in total. The number of alkyl halides is 3. The van der Waals surface area contributed by atoms with Gasteiger partial charge in [0.05, 0.1) is 33.3 Å². The Morgan fingerprint density at radius 1 is 1.02 bits per heavy atom. The smallest absolute Gasteiger partial charge is 0.302 e. The molecule has 0 spiro atoms. The highest BCUT2D eigenvalue weighted by molar-refractivity contribution is 7.91. The van der Waals surface area contributed by atoms with Gasteiger partial charge >= 0.3 is 6.18 Å². The number of pyridine rings is 1. The van der Waals surface area contributed by atoms with Crippen LogP contribution in [0.2, 0.25) is 5.02 Å². The van der Waals surface area contributed by atoms with E-state index in [0.29, 0.717) is 25.9 Å². The van der Waals surface area contributed by atoms with Crippen molar-refractivity contribution in [1.82, 2.24) is 4.57 Å². The molecule has 0 radical (unpaired) electrons. The summed E-state index contributed by atoms with van der Waals surface area (Å²) in [7, 11) is -3.52. The van der Waals surface area contributed by atoms with E-state index >= 15 is 0 Å². The molecular formula is C29H24ClF3N2O3S2. The number of sulfone groups is 1. The molecule has 0 unspecified atom stereocenters. The van der Waals surface area contributed by atoms with Gasteiger partial charge in [-0.2, -0.15) is 18.4 Å². The fourth-order valence-electron chi connectivity index (χ4n) is 4.19. The van der Waals surface area contributed by atoms with E-state index in [4.69, 9.17) is 11.6 Å². The van der Waals surface area contributed by atoms with Gasteiger partial charge in [-0.1, -0.05) is 44.5 Å². The number of benzene rings is 2. The van der Waals surface area contributed by atoms with Crippen LogP contribution in [0.4, 0.5) is 13.2 Å². The number of rotatable bonds is 7. The maximum Gasteiger partial charge on any atom is 0.417 e. The van der Waals surface area contributed by atoms with E-state index in [1.165, 1.54) is 6.07 Å². The van der Waals surface area contributed by atoms with Crippen LogP contribution in [0.25, 0.3) is 21.0 Å². The largest absolute Gasteiger partial charge is 0.417 e. The summed E-state index contributed by atoms with van der Waals surface area (Å²) in [6.07, 6.45) is -4.92. The maximum absolute atomic E-state index is 13.9. The Morgan fingerprint density at radius 2 is 1.68 bits per heavy atom. The summed E-state index contributed by atoms with van der Waals surface area (Å²) in [6.45, 7) is 5.34. The molecule has 0 aliphatic carbocycles. The molecule has 0 atom stereocenters. The molecule has 4 rings (SSSR count). The second-order valence-corrected chi connectivity index (χ2v) is 13.3. The third kappa shape index (κ3) is 6.02. The molecule has 0 aliphatic heterocycles. The number of nitriles is 1. The Bertz CT molecular complexity index is 1780. The highest BCUT2D eigenvalue weighted by Gasteiger charge is 2.36. The number of thiophene rings is 1. The number of halogens is 4. The number of hydrogen-bond donors (Lipinski definition) is 0. The van der Waals surface area contributed by atoms with E-state index < -0.39 is 32.7 Å². The zero-order valence-corrected chi connectivity index (χ0v) is 24.1. The van der Waals surface area contributed by atoms with Gasteiger partial charge in [-0.3, -0.25) is 4.79 Å². The second kappa shape index (κ2) is 11.2. The van der Waals surface area contributed by atoms with E-state index in [2.05, 4.69) is 0 Å². The van der Waals surface area contributed by atoms with Gasteiger partial charge < -0.3 is 4.57 Å². The van der Waals surface area contributed by atoms with Gasteiger partial charge in [-0.25, -0.2) is 8.42 Å². The number of hydrogen-bond acceptors (Lipinski definition) is 5. The van der Waals surface area contributed by atoms with Gasteiger partial charge in [0.1, 0.15) is 11.6 Å². The van der Waals surface area contributed by atoms with Crippen molar-refractivity contribution in [2.24, 2.45) is 0 Å². The summed E-state index contributed by atoms with van der Waals surface area (Å²) in [5.41, 5.74) is -1.36. The van der Waals surface area contributed by atoms with Crippen LogP contribution in [0.1, 0.15) is 48.9 Å². The average molecular weight is 605 g/mol. The van der Waals surface area contributed by atoms with Crippen LogP contribution < -0.4 is 5.56 Å². The summed E-state index contributed by atoms with van der Waals surface area (Å²) in [5, 5.41) is 9.92. The molecule has 0 saturated heterocycles. The van der Waals surface area contributed by atoms with E-state index in [1.807, 2.05) is 19.9 Å². The molecule has 0 bridgehead atoms. The van der Waals surface area contributed by atoms with Gasteiger partial charge in [-0.15, -0.1) is 11.3 Å². The van der Waals surface area contributed by atoms with Crippen LogP contribution in [0.5, 0.6) is 0 Å². The Kier molecular flexibility index (Phi) is 8.31. The minimum absolute atomic E-state index is 0.0102. The van der Waals surface area contributed by atoms with Crippen molar-refractivity contribution in [1.29, 1.82) is 5.26 Å². The lowest BCUT2D eigenvalue weighted by Gasteiger charge is -2.17. The first-order valence-corrected chi connectivity index (χ1v) is 15.1. The molecule has 0 saturated carbocycles. The summed E-state index contributed by atoms with van der Waals surface area (Å²) in [4.78, 5) is 14.4. The first-order valence-electron chi connectivity index (χ1n) is 12.2. The first-order chi connectivity index (χ1) is 18.7. The molecule has 2 aromatic heterocycles. The fourth-order valence-corrected chi connectivity index (χ4v) is 6.29. The highest BCUT2D eigenvalue weighted by atomic mass is 35.5. The molecule has 5 nitrogen and oxygen atoms in total. The Hall–Kier alpha value is -3.39. The van der Waals surface area contributed by atoms with E-state index in [1.54, 1.807) is 55.5 Å². The highest BCUT2D eigenvalue weighted by Crippen LogP contribution is 2.39. The molecule has 2 aromatic carbocycles. The Balaban J connectivity index is 1.93. The Morgan fingerprint density at radius 3 is 2.25 bits per heavy atom. The SMILES string of the molecule is CCS(=O)(=O)c1cc(-c2ccc(-c3cc(C(F)(F)F)c(C#N)c(=O)n3Cc3ccc(Cl)cc3)s2)cc(C(C)C)c1. The lowest BCUT2D eigenvalue weighted by Crippen LogP contribution is -2.28. The summed E-state index contributed by atoms with van der Waals surface area (Å²) < 4.78 is 68.3. The predicted molar refractivity (Wildman–Crippen MR) is 152 cm³/mol. The molecule has 40 heavy (non-hydrogen) atoms. The van der Waals surface area contributed by atoms with E-state index in [0.717, 1.165) is 27.5 Å². The molecule has 2 heterocycles. The van der Waals surface area contributed by atoms with Crippen LogP contribution in [0, 0.1) is 11.3 Å². The van der Waals surface area contributed by atoms with E-state index in [9.17, 15) is 31.6 Å². The average Bonchev–Trinajstić information content (AvgIpc) is 3.40. The second-order valence-electron chi connectivity index (χ2n) is 9.46. The van der Waals surface area contributed by atoms with Crippen LogP contribution in [0.3, 0.4) is 0 Å². The molecular weight excluding hydrogens is 581 g/mol. The molecule has 0 fully saturated rings. The monoisotopic (exact) mass is 604 g/mol. The van der Waals surface area contributed by atoms with Gasteiger partial charge in [0.2, 0.25) is 0 Å². The standard InChI is InChI=1S/C29H24ClF3N2O3S2/c1-4-40(37,38)22-12-19(17(2)3)11-20(13-22)26-9-10-27(39-26)25-14-24(29(31,32)33)23(15-34)28(36)35(25)16-18-5-7-21(30)8-6-18/h5-14,17H,4,16H2,1-3H3.